The van der Waals surface area contributed by atoms with Crippen LogP contribution in [-0.2, 0) is 47.3 Å². The van der Waals surface area contributed by atoms with E-state index >= 15 is 0 Å². The number of hydrogen-bond donors (Lipinski definition) is 0. The van der Waals surface area contributed by atoms with Crippen LogP contribution in [0.2, 0.25) is 0 Å². The summed E-state index contributed by atoms with van der Waals surface area (Å²) in [4.78, 5) is 0. The van der Waals surface area contributed by atoms with Crippen LogP contribution in [0.15, 0.2) is 195 Å². The Morgan fingerprint density at radius 2 is 0.550 bits per heavy atom. The van der Waals surface area contributed by atoms with Gasteiger partial charge in [-0.05, 0) is 310 Å². The zero-order chi connectivity index (χ0) is 106. The third-order valence-corrected chi connectivity index (χ3v) is 19.3. The van der Waals surface area contributed by atoms with Gasteiger partial charge in [0.2, 0.25) is 22.8 Å². The molecule has 4 heterocycles. The zero-order valence-electron chi connectivity index (χ0n) is 98.8. The van der Waals surface area contributed by atoms with Crippen LogP contribution < -0.4 is 18.3 Å². The molecule has 4 nitrogen and oxygen atoms in total. The van der Waals surface area contributed by atoms with Gasteiger partial charge < -0.3 is 0 Å². The number of hydrogen-bond acceptors (Lipinski definition) is 0. The Kier molecular flexibility index (Phi) is 16.1. The molecule has 12 aromatic rings. The number of nitrogens with zero attached hydrogens (tertiary/aromatic N) is 4. The van der Waals surface area contributed by atoms with Gasteiger partial charge in [-0.1, -0.05) is 191 Å². The van der Waals surface area contributed by atoms with Crippen molar-refractivity contribution in [3.63, 3.8) is 0 Å². The lowest BCUT2D eigenvalue weighted by Gasteiger charge is -2.19. The molecule has 12 rings (SSSR count). The van der Waals surface area contributed by atoms with Gasteiger partial charge in [-0.2, -0.15) is 0 Å². The molecule has 0 fully saturated rings. The van der Waals surface area contributed by atoms with Crippen molar-refractivity contribution in [1.82, 2.24) is 0 Å². The molecule has 0 N–H and O–H groups in total. The number of benzene rings is 8. The van der Waals surface area contributed by atoms with Crippen molar-refractivity contribution in [1.29, 1.82) is 0 Å². The second-order valence-corrected chi connectivity index (χ2v) is 31.7. The minimum atomic E-state index is -2.37. The molecule has 0 unspecified atom stereocenters. The third kappa shape index (κ3) is 21.0. The summed E-state index contributed by atoms with van der Waals surface area (Å²) in [6, 6.07) is 49.8. The lowest BCUT2D eigenvalue weighted by molar-refractivity contribution is -0.660. The first-order valence-electron chi connectivity index (χ1n) is 52.5. The van der Waals surface area contributed by atoms with Gasteiger partial charge in [0.05, 0.1) is 0 Å². The van der Waals surface area contributed by atoms with Crippen LogP contribution >= 0.6 is 0 Å². The summed E-state index contributed by atoms with van der Waals surface area (Å²) in [6.45, 7) is 14.3. The molecule has 0 aliphatic heterocycles. The average molecular weight is 1480 g/mol. The summed E-state index contributed by atoms with van der Waals surface area (Å²) in [5.41, 5.74) is 19.4. The maximum absolute atomic E-state index is 8.69. The Labute approximate surface area is 703 Å². The summed E-state index contributed by atoms with van der Waals surface area (Å²) in [5.74, 6) is -1.08. The molecule has 0 aliphatic rings. The second-order valence-electron chi connectivity index (χ2n) is 31.7. The van der Waals surface area contributed by atoms with Crippen LogP contribution in [0, 0.1) is 127 Å². The highest BCUT2D eigenvalue weighted by atomic mass is 14.9. The van der Waals surface area contributed by atoms with Crippen molar-refractivity contribution < 1.29 is 60.8 Å². The van der Waals surface area contributed by atoms with E-state index in [0.717, 1.165) is 78.4 Å². The number of pyridine rings is 4. The van der Waals surface area contributed by atoms with Gasteiger partial charge in [0.1, 0.15) is 28.2 Å². The maximum atomic E-state index is 8.69. The van der Waals surface area contributed by atoms with E-state index in [2.05, 4.69) is 0 Å². The molecule has 566 valence electrons. The van der Waals surface area contributed by atoms with E-state index in [1.807, 2.05) is 156 Å². The smallest absolute Gasteiger partial charge is 0.201 e. The standard InChI is InChI=1S/2C27H34N.C26H32N.C25H30N/c2*1-18-13-26(28(8)17-21(18)4)25-15-24(19(2)12-20(25)3)23-11-9-10-22(14-23)16-27(5,6)7;1-17(2)11-22-9-8-10-23(14-22)24-15-25(20(5)12-19(24)4)26-13-18(3)21(6)16-27(26)7;1-16(2)21-9-8-10-22(13-21)23-14-24(19(5)11-18(23)4)25-12-17(3)20(6)15-26(25)7/h2*9-15,17H,16H2,1-8H3;8-10,12-17H,11H2,1-7H3;8-16H,1-7H3/q4*+1/i2*2D3,4D3,16D2;4D3,6D3,11D2;4D3,6D3,16D. The molecule has 0 saturated carbocycles. The van der Waals surface area contributed by atoms with Gasteiger partial charge in [0.15, 0.2) is 24.8 Å². The molecule has 0 radical (unpaired) electrons. The predicted octanol–water partition coefficient (Wildman–Crippen LogP) is 25.8. The normalized spacial score (nSPS) is 17.1. The van der Waals surface area contributed by atoms with E-state index in [4.69, 9.17) is 42.5 Å². The first kappa shape index (κ1) is 50.2. The van der Waals surface area contributed by atoms with Crippen molar-refractivity contribution >= 4 is 0 Å². The quantitative estimate of drug-likeness (QED) is 0.102. The minimum Gasteiger partial charge on any atom is -0.201 e. The number of aryl methyl sites for hydroxylation is 20. The average Bonchev–Trinajstić information content (AvgIpc) is 0.759. The van der Waals surface area contributed by atoms with Gasteiger partial charge >= 0.3 is 0 Å². The molecule has 0 spiro atoms. The molecule has 0 atom stereocenters. The van der Waals surface area contributed by atoms with E-state index < -0.39 is 90.7 Å². The molecule has 4 aromatic heterocycles. The number of aromatic nitrogens is 4. The molecular formula is C105H130N4+4. The molecule has 0 saturated heterocycles. The summed E-state index contributed by atoms with van der Waals surface area (Å²) in [6.07, 6.45) is 1.60. The zero-order valence-corrected chi connectivity index (χ0v) is 67.8. The summed E-state index contributed by atoms with van der Waals surface area (Å²) < 4.78 is 259. The highest BCUT2D eigenvalue weighted by molar-refractivity contribution is 5.80. The van der Waals surface area contributed by atoms with E-state index in [-0.39, 0.29) is 50.4 Å². The van der Waals surface area contributed by atoms with Crippen molar-refractivity contribution in [2.24, 2.45) is 44.9 Å². The molecule has 4 heteroatoms. The largest absolute Gasteiger partial charge is 0.212 e. The van der Waals surface area contributed by atoms with Crippen LogP contribution in [0.1, 0.15) is 229 Å². The Morgan fingerprint density at radius 3 is 0.807 bits per heavy atom. The first-order chi connectivity index (χ1) is 63.4. The van der Waals surface area contributed by atoms with Gasteiger partial charge in [-0.15, -0.1) is 0 Å². The second kappa shape index (κ2) is 34.9. The van der Waals surface area contributed by atoms with E-state index in [9.17, 15) is 0 Å². The Hall–Kier alpha value is -9.64. The van der Waals surface area contributed by atoms with E-state index in [1.165, 1.54) is 0 Å². The molecule has 109 heavy (non-hydrogen) atoms. The van der Waals surface area contributed by atoms with Crippen molar-refractivity contribution in [3.8, 4) is 89.5 Å². The van der Waals surface area contributed by atoms with E-state index in [1.54, 1.807) is 210 Å². The van der Waals surface area contributed by atoms with Crippen molar-refractivity contribution in [3.05, 3.63) is 306 Å². The Balaban J connectivity index is 0.000000209. The highest BCUT2D eigenvalue weighted by Crippen LogP contribution is 2.39. The van der Waals surface area contributed by atoms with Crippen LogP contribution in [0.4, 0.5) is 0 Å². The third-order valence-electron chi connectivity index (χ3n) is 19.3. The maximum Gasteiger partial charge on any atom is 0.212 e. The molecule has 0 amide bonds. The van der Waals surface area contributed by atoms with Gasteiger partial charge in [0, 0.05) is 111 Å². The van der Waals surface area contributed by atoms with Gasteiger partial charge in [-0.3, -0.25) is 0 Å². The number of rotatable bonds is 13. The first-order valence-corrected chi connectivity index (χ1v) is 37.0. The van der Waals surface area contributed by atoms with Crippen LogP contribution in [0.3, 0.4) is 0 Å². The minimum absolute atomic E-state index is 0.190. The topological polar surface area (TPSA) is 15.5 Å². The fourth-order valence-electron chi connectivity index (χ4n) is 13.5. The van der Waals surface area contributed by atoms with Gasteiger partial charge in [0.25, 0.3) is 0 Å². The summed E-state index contributed by atoms with van der Waals surface area (Å²) >= 11 is 0. The van der Waals surface area contributed by atoms with Gasteiger partial charge in [-0.25, -0.2) is 18.3 Å². The Morgan fingerprint density at radius 1 is 0.294 bits per heavy atom. The van der Waals surface area contributed by atoms with Crippen LogP contribution in [0.5, 0.6) is 0 Å². The SMILES string of the molecule is [2H]C([2H])([2H])c1c[n+](C)c(-c2cc(-c3cccc(C([2H])(C)C)c3)c(C([2H])([2H])[2H])cc2C)cc1C.[2H]C([2H])([2H])c1c[n+](C)c(-c2cc(-c3cccc(C([2H])([2H])C(C)(C)C)c3)c(C([2H])([2H])[2H])cc2C)cc1C.[2H]C([2H])([2H])c1c[n+](C)c(-c2cc(-c3cccc(C([2H])([2H])C(C)(C)C)c3)c(C([2H])([2H])[2H])cc2C)cc1C.[2H]C([2H])([2H])c1c[n+](C)c(-c2cc(-c3cccc(C([2H])([2H])C(C)C)c3)c(C([2H])([2H])[2H])cc2C)cc1C. The fourth-order valence-corrected chi connectivity index (χ4v) is 13.5. The monoisotopic (exact) mass is 1480 g/mol. The predicted molar refractivity (Wildman–Crippen MR) is 469 cm³/mol. The highest BCUT2D eigenvalue weighted by Gasteiger charge is 2.24. The summed E-state index contributed by atoms with van der Waals surface area (Å²) in [5, 5.41) is 0. The molecule has 0 bridgehead atoms. The van der Waals surface area contributed by atoms with Crippen LogP contribution in [0.25, 0.3) is 89.5 Å². The lowest BCUT2D eigenvalue weighted by Crippen LogP contribution is -2.31. The summed E-state index contributed by atoms with van der Waals surface area (Å²) in [7, 11) is 7.13. The van der Waals surface area contributed by atoms with E-state index in [0.29, 0.717) is 77.9 Å². The molecular weight excluding hydrogens is 1320 g/mol. The molecule has 0 aliphatic carbocycles. The Bertz CT molecular complexity index is 6420. The van der Waals surface area contributed by atoms with Crippen molar-refractivity contribution in [2.75, 3.05) is 0 Å². The van der Waals surface area contributed by atoms with Crippen LogP contribution in [-0.4, -0.2) is 0 Å². The molecule has 8 aromatic carbocycles. The lowest BCUT2D eigenvalue weighted by atomic mass is 9.86. The fraction of sp³-hybridized carbons (Fsp3) is 0.352. The van der Waals surface area contributed by atoms with Crippen molar-refractivity contribution in [2.45, 2.75) is 204 Å².